The number of nitrogens with one attached hydrogen (secondary N) is 3. The van der Waals surface area contributed by atoms with Crippen LogP contribution in [0.25, 0.3) is 11.1 Å². The second-order valence-corrected chi connectivity index (χ2v) is 11.4. The molecule has 4 rings (SSSR count). The maximum Gasteiger partial charge on any atom is 0.243 e. The van der Waals surface area contributed by atoms with Crippen molar-refractivity contribution in [3.63, 3.8) is 0 Å². The number of amides is 2. The van der Waals surface area contributed by atoms with E-state index in [2.05, 4.69) is 41.6 Å². The summed E-state index contributed by atoms with van der Waals surface area (Å²) in [6.07, 6.45) is 0.245. The molecule has 8 nitrogen and oxygen atoms in total. The number of hydrogen-bond donors (Lipinski definition) is 3. The number of anilines is 3. The lowest BCUT2D eigenvalue weighted by Crippen LogP contribution is -2.36. The van der Waals surface area contributed by atoms with Gasteiger partial charge in [0.05, 0.1) is 6.54 Å². The fourth-order valence-corrected chi connectivity index (χ4v) is 5.67. The van der Waals surface area contributed by atoms with E-state index in [1.54, 1.807) is 6.92 Å². The van der Waals surface area contributed by atoms with Crippen molar-refractivity contribution in [1.29, 1.82) is 0 Å². The van der Waals surface area contributed by atoms with Crippen LogP contribution < -0.4 is 20.9 Å². The molecule has 1 aliphatic carbocycles. The quantitative estimate of drug-likeness (QED) is 0.247. The molecule has 0 saturated heterocycles. The van der Waals surface area contributed by atoms with Crippen LogP contribution in [0.5, 0.6) is 0 Å². The Bertz CT molecular complexity index is 1450. The van der Waals surface area contributed by atoms with Gasteiger partial charge in [-0.15, -0.1) is 0 Å². The van der Waals surface area contributed by atoms with Crippen molar-refractivity contribution in [2.24, 2.45) is 0 Å². The molecule has 0 bridgehead atoms. The lowest BCUT2D eigenvalue weighted by molar-refractivity contribution is -0.122. The second kappa shape index (κ2) is 13.2. The highest BCUT2D eigenvalue weighted by Crippen LogP contribution is 2.51. The summed E-state index contributed by atoms with van der Waals surface area (Å²) in [7, 11) is 3.94. The van der Waals surface area contributed by atoms with E-state index < -0.39 is 5.41 Å². The highest BCUT2D eigenvalue weighted by Gasteiger charge is 2.41. The fourth-order valence-electron chi connectivity index (χ4n) is 5.67. The van der Waals surface area contributed by atoms with Gasteiger partial charge in [0.25, 0.3) is 0 Å². The summed E-state index contributed by atoms with van der Waals surface area (Å²) in [5.74, 6) is -0.206. The summed E-state index contributed by atoms with van der Waals surface area (Å²) < 4.78 is 0. The predicted octanol–water partition coefficient (Wildman–Crippen LogP) is 5.14. The van der Waals surface area contributed by atoms with Gasteiger partial charge < -0.3 is 25.8 Å². The number of carbonyl (C=O) groups excluding carboxylic acids is 3. The van der Waals surface area contributed by atoms with Gasteiger partial charge in [0.15, 0.2) is 5.78 Å². The maximum atomic E-state index is 13.1. The number of ketones is 1. The normalized spacial score (nSPS) is 15.1. The van der Waals surface area contributed by atoms with Crippen LogP contribution in [0, 0.1) is 0 Å². The molecule has 8 heteroatoms. The van der Waals surface area contributed by atoms with E-state index in [-0.39, 0.29) is 30.6 Å². The Morgan fingerprint density at radius 3 is 2.05 bits per heavy atom. The van der Waals surface area contributed by atoms with Crippen LogP contribution in [-0.2, 0) is 15.0 Å². The first-order chi connectivity index (χ1) is 20.0. The summed E-state index contributed by atoms with van der Waals surface area (Å²) in [6, 6.07) is 19.6. The third-order valence-corrected chi connectivity index (χ3v) is 8.05. The molecule has 0 aliphatic heterocycles. The van der Waals surface area contributed by atoms with Gasteiger partial charge in [-0.1, -0.05) is 25.1 Å². The molecule has 2 amide bonds. The Morgan fingerprint density at radius 1 is 0.810 bits per heavy atom. The van der Waals surface area contributed by atoms with E-state index in [0.717, 1.165) is 59.0 Å². The average Bonchev–Trinajstić information content (AvgIpc) is 3.20. The summed E-state index contributed by atoms with van der Waals surface area (Å²) in [5, 5.41) is 9.26. The highest BCUT2D eigenvalue weighted by atomic mass is 16.2. The van der Waals surface area contributed by atoms with Crippen molar-refractivity contribution in [2.45, 2.75) is 39.5 Å². The van der Waals surface area contributed by atoms with Crippen LogP contribution in [0.1, 0.15) is 55.6 Å². The van der Waals surface area contributed by atoms with E-state index >= 15 is 0 Å². The zero-order valence-electron chi connectivity index (χ0n) is 25.6. The van der Waals surface area contributed by atoms with Crippen molar-refractivity contribution in [2.75, 3.05) is 62.4 Å². The van der Waals surface area contributed by atoms with Crippen LogP contribution >= 0.6 is 0 Å². The standard InChI is InChI=1S/C34H43N5O3/c1-7-39(8-2)27-13-10-25(11-14-27)37-33(42)22-36-26-12-16-29-28-15-9-24(23(3)40)19-30(28)34(4,31(29)20-26)21-32(41)35-17-18-38(5)6/h9-16,19-20,36H,7-8,17-18,21-22H2,1-6H3,(H,35,41)(H,37,42). The number of fused-ring (bicyclic) bond motifs is 3. The number of likely N-dealkylation sites (N-methyl/N-ethyl adjacent to an activating group) is 1. The Balaban J connectivity index is 1.51. The first kappa shape index (κ1) is 30.8. The molecule has 3 aromatic carbocycles. The third kappa shape index (κ3) is 6.82. The number of carbonyl (C=O) groups is 3. The molecule has 0 saturated carbocycles. The van der Waals surface area contributed by atoms with Crippen molar-refractivity contribution >= 4 is 34.7 Å². The van der Waals surface area contributed by atoms with Crippen molar-refractivity contribution in [3.05, 3.63) is 77.4 Å². The number of benzene rings is 3. The highest BCUT2D eigenvalue weighted by molar-refractivity contribution is 5.97. The van der Waals surface area contributed by atoms with E-state index in [4.69, 9.17) is 0 Å². The van der Waals surface area contributed by atoms with E-state index in [1.165, 1.54) is 0 Å². The summed E-state index contributed by atoms with van der Waals surface area (Å²) in [6.45, 7) is 11.1. The largest absolute Gasteiger partial charge is 0.376 e. The van der Waals surface area contributed by atoms with Crippen LogP contribution in [0.2, 0.25) is 0 Å². The van der Waals surface area contributed by atoms with Gasteiger partial charge in [0.1, 0.15) is 0 Å². The molecule has 1 aliphatic rings. The fraction of sp³-hybridized carbons (Fsp3) is 0.382. The van der Waals surface area contributed by atoms with Crippen molar-refractivity contribution in [1.82, 2.24) is 10.2 Å². The minimum Gasteiger partial charge on any atom is -0.376 e. The van der Waals surface area contributed by atoms with Gasteiger partial charge >= 0.3 is 0 Å². The number of rotatable bonds is 13. The van der Waals surface area contributed by atoms with E-state index in [9.17, 15) is 14.4 Å². The molecule has 0 radical (unpaired) electrons. The number of nitrogens with zero attached hydrogens (tertiary/aromatic N) is 2. The van der Waals surface area contributed by atoms with Crippen LogP contribution in [0.4, 0.5) is 17.1 Å². The van der Waals surface area contributed by atoms with Gasteiger partial charge in [-0.25, -0.2) is 0 Å². The molecule has 0 spiro atoms. The van der Waals surface area contributed by atoms with E-state index in [1.807, 2.05) is 79.7 Å². The lowest BCUT2D eigenvalue weighted by Gasteiger charge is -2.28. The maximum absolute atomic E-state index is 13.1. The Kier molecular flexibility index (Phi) is 9.68. The van der Waals surface area contributed by atoms with Gasteiger partial charge in [-0.3, -0.25) is 14.4 Å². The first-order valence-corrected chi connectivity index (χ1v) is 14.7. The Morgan fingerprint density at radius 2 is 1.43 bits per heavy atom. The summed E-state index contributed by atoms with van der Waals surface area (Å²) in [4.78, 5) is 42.4. The van der Waals surface area contributed by atoms with Gasteiger partial charge in [-0.05, 0) is 99.6 Å². The van der Waals surface area contributed by atoms with Gasteiger partial charge in [0, 0.05) is 60.6 Å². The molecule has 3 aromatic rings. The molecule has 1 unspecified atom stereocenters. The lowest BCUT2D eigenvalue weighted by atomic mass is 9.76. The SMILES string of the molecule is CCN(CC)c1ccc(NC(=O)CNc2ccc3c(c2)C(C)(CC(=O)NCCN(C)C)c2cc(C(C)=O)ccc2-3)cc1. The van der Waals surface area contributed by atoms with E-state index in [0.29, 0.717) is 12.1 Å². The van der Waals surface area contributed by atoms with Crippen LogP contribution in [0.3, 0.4) is 0 Å². The molecular formula is C34H43N5O3. The predicted molar refractivity (Wildman–Crippen MR) is 172 cm³/mol. The number of Topliss-reactive ketones (excluding diaryl/α,β-unsaturated/α-hetero) is 1. The van der Waals surface area contributed by atoms with Crippen LogP contribution in [-0.4, -0.2) is 69.3 Å². The molecule has 0 fully saturated rings. The topological polar surface area (TPSA) is 93.8 Å². The van der Waals surface area contributed by atoms with Crippen LogP contribution in [0.15, 0.2) is 60.7 Å². The first-order valence-electron chi connectivity index (χ1n) is 14.7. The minimum atomic E-state index is -0.634. The van der Waals surface area contributed by atoms with Crippen molar-refractivity contribution < 1.29 is 14.4 Å². The zero-order valence-corrected chi connectivity index (χ0v) is 25.6. The average molecular weight is 570 g/mol. The van der Waals surface area contributed by atoms with Gasteiger partial charge in [0.2, 0.25) is 11.8 Å². The molecular weight excluding hydrogens is 526 g/mol. The van der Waals surface area contributed by atoms with Crippen molar-refractivity contribution in [3.8, 4) is 11.1 Å². The molecule has 222 valence electrons. The Hall–Kier alpha value is -4.17. The molecule has 42 heavy (non-hydrogen) atoms. The minimum absolute atomic E-state index is 0.0115. The molecule has 1 atom stereocenters. The summed E-state index contributed by atoms with van der Waals surface area (Å²) in [5.41, 5.74) is 6.68. The zero-order chi connectivity index (χ0) is 30.4. The molecule has 0 aromatic heterocycles. The van der Waals surface area contributed by atoms with Gasteiger partial charge in [-0.2, -0.15) is 0 Å². The number of hydrogen-bond acceptors (Lipinski definition) is 6. The smallest absolute Gasteiger partial charge is 0.243 e. The third-order valence-electron chi connectivity index (χ3n) is 8.05. The molecule has 0 heterocycles. The Labute approximate surface area is 249 Å². The molecule has 3 N–H and O–H groups in total. The monoisotopic (exact) mass is 569 g/mol. The summed E-state index contributed by atoms with van der Waals surface area (Å²) >= 11 is 0. The second-order valence-electron chi connectivity index (χ2n) is 11.4.